The van der Waals surface area contributed by atoms with Gasteiger partial charge in [-0.1, -0.05) is 6.07 Å². The molecule has 0 atom stereocenters. The van der Waals surface area contributed by atoms with Crippen LogP contribution in [0.3, 0.4) is 0 Å². The van der Waals surface area contributed by atoms with Gasteiger partial charge in [0, 0.05) is 11.6 Å². The molecule has 2 aromatic rings. The molecule has 0 aliphatic heterocycles. The molecule has 5 heteroatoms. The Bertz CT molecular complexity index is 640. The van der Waals surface area contributed by atoms with Crippen LogP contribution in [-0.2, 0) is 0 Å². The maximum Gasteiger partial charge on any atom is 0.255 e. The number of anilines is 1. The highest BCUT2D eigenvalue weighted by Crippen LogP contribution is 2.29. The van der Waals surface area contributed by atoms with E-state index in [9.17, 15) is 4.79 Å². The first-order valence-electron chi connectivity index (χ1n) is 6.35. The number of hydrogen-bond donors (Lipinski definition) is 1. The normalized spacial score (nSPS) is 9.86. The molecular formula is C16H17NO4. The van der Waals surface area contributed by atoms with Gasteiger partial charge in [-0.25, -0.2) is 0 Å². The molecule has 2 aromatic carbocycles. The van der Waals surface area contributed by atoms with Crippen LogP contribution < -0.4 is 19.5 Å². The monoisotopic (exact) mass is 287 g/mol. The third-order valence-electron chi connectivity index (χ3n) is 2.99. The largest absolute Gasteiger partial charge is 0.497 e. The standard InChI is InChI=1S/C16H17NO4/c1-19-12-6-4-5-11(9-12)16(18)17-14-8-7-13(20-2)10-15(14)21-3/h4-10H,1-3H3,(H,17,18). The van der Waals surface area contributed by atoms with Crippen LogP contribution in [0.2, 0.25) is 0 Å². The van der Waals surface area contributed by atoms with Crippen molar-refractivity contribution in [2.75, 3.05) is 26.6 Å². The first-order valence-corrected chi connectivity index (χ1v) is 6.35. The van der Waals surface area contributed by atoms with Gasteiger partial charge in [0.2, 0.25) is 0 Å². The third-order valence-corrected chi connectivity index (χ3v) is 2.99. The molecule has 0 aliphatic carbocycles. The second-order valence-electron chi connectivity index (χ2n) is 4.25. The molecule has 5 nitrogen and oxygen atoms in total. The summed E-state index contributed by atoms with van der Waals surface area (Å²) in [5.74, 6) is 1.58. The van der Waals surface area contributed by atoms with Gasteiger partial charge in [-0.3, -0.25) is 4.79 Å². The molecule has 1 N–H and O–H groups in total. The Hall–Kier alpha value is -2.69. The minimum absolute atomic E-state index is 0.239. The van der Waals surface area contributed by atoms with Crippen LogP contribution in [0, 0.1) is 0 Å². The van der Waals surface area contributed by atoms with E-state index in [1.54, 1.807) is 56.7 Å². The Kier molecular flexibility index (Phi) is 4.66. The fraction of sp³-hybridized carbons (Fsp3) is 0.188. The van der Waals surface area contributed by atoms with E-state index >= 15 is 0 Å². The van der Waals surface area contributed by atoms with E-state index < -0.39 is 0 Å². The van der Waals surface area contributed by atoms with Gasteiger partial charge in [-0.05, 0) is 30.3 Å². The third kappa shape index (κ3) is 3.45. The molecule has 0 unspecified atom stereocenters. The van der Waals surface area contributed by atoms with Gasteiger partial charge in [-0.15, -0.1) is 0 Å². The Morgan fingerprint density at radius 1 is 0.905 bits per heavy atom. The molecule has 1 amide bonds. The number of carbonyl (C=O) groups excluding carboxylic acids is 1. The minimum Gasteiger partial charge on any atom is -0.497 e. The average Bonchev–Trinajstić information content (AvgIpc) is 2.55. The number of ether oxygens (including phenoxy) is 3. The average molecular weight is 287 g/mol. The zero-order chi connectivity index (χ0) is 15.2. The van der Waals surface area contributed by atoms with E-state index in [-0.39, 0.29) is 5.91 Å². The highest BCUT2D eigenvalue weighted by Gasteiger charge is 2.11. The second kappa shape index (κ2) is 6.65. The van der Waals surface area contributed by atoms with E-state index in [1.165, 1.54) is 7.11 Å². The molecule has 0 aliphatic rings. The van der Waals surface area contributed by atoms with E-state index in [0.717, 1.165) is 0 Å². The molecule has 21 heavy (non-hydrogen) atoms. The fourth-order valence-electron chi connectivity index (χ4n) is 1.86. The molecule has 110 valence electrons. The van der Waals surface area contributed by atoms with Crippen LogP contribution in [0.15, 0.2) is 42.5 Å². The van der Waals surface area contributed by atoms with Gasteiger partial charge < -0.3 is 19.5 Å². The predicted molar refractivity (Wildman–Crippen MR) is 80.5 cm³/mol. The lowest BCUT2D eigenvalue weighted by Crippen LogP contribution is -2.12. The second-order valence-corrected chi connectivity index (χ2v) is 4.25. The Balaban J connectivity index is 2.22. The lowest BCUT2D eigenvalue weighted by molar-refractivity contribution is 0.102. The van der Waals surface area contributed by atoms with Crippen molar-refractivity contribution in [2.24, 2.45) is 0 Å². The Morgan fingerprint density at radius 2 is 1.62 bits per heavy atom. The summed E-state index contributed by atoms with van der Waals surface area (Å²) in [4.78, 5) is 12.3. The van der Waals surface area contributed by atoms with Crippen LogP contribution in [-0.4, -0.2) is 27.2 Å². The molecule has 0 spiro atoms. The maximum atomic E-state index is 12.3. The summed E-state index contributed by atoms with van der Waals surface area (Å²) in [5.41, 5.74) is 1.08. The molecule has 0 radical (unpaired) electrons. The summed E-state index contributed by atoms with van der Waals surface area (Å²) in [6.07, 6.45) is 0. The Labute approximate surface area is 123 Å². The maximum absolute atomic E-state index is 12.3. The van der Waals surface area contributed by atoms with Gasteiger partial charge >= 0.3 is 0 Å². The van der Waals surface area contributed by atoms with E-state index in [4.69, 9.17) is 14.2 Å². The number of hydrogen-bond acceptors (Lipinski definition) is 4. The summed E-state index contributed by atoms with van der Waals surface area (Å²) in [5, 5.41) is 2.81. The number of benzene rings is 2. The van der Waals surface area contributed by atoms with Gasteiger partial charge in [-0.2, -0.15) is 0 Å². The molecule has 0 saturated carbocycles. The van der Waals surface area contributed by atoms with Crippen molar-refractivity contribution in [3.05, 3.63) is 48.0 Å². The van der Waals surface area contributed by atoms with Crippen molar-refractivity contribution < 1.29 is 19.0 Å². The predicted octanol–water partition coefficient (Wildman–Crippen LogP) is 2.96. The fourth-order valence-corrected chi connectivity index (χ4v) is 1.86. The van der Waals surface area contributed by atoms with E-state index in [2.05, 4.69) is 5.32 Å². The summed E-state index contributed by atoms with van der Waals surface area (Å²) in [6, 6.07) is 12.1. The minimum atomic E-state index is -0.239. The van der Waals surface area contributed by atoms with Crippen molar-refractivity contribution in [3.63, 3.8) is 0 Å². The highest BCUT2D eigenvalue weighted by atomic mass is 16.5. The zero-order valence-electron chi connectivity index (χ0n) is 12.2. The summed E-state index contributed by atoms with van der Waals surface area (Å²) >= 11 is 0. The van der Waals surface area contributed by atoms with Crippen molar-refractivity contribution in [2.45, 2.75) is 0 Å². The van der Waals surface area contributed by atoms with Crippen LogP contribution in [0.4, 0.5) is 5.69 Å². The number of nitrogens with one attached hydrogen (secondary N) is 1. The molecule has 0 fully saturated rings. The van der Waals surface area contributed by atoms with Gasteiger partial charge in [0.15, 0.2) is 0 Å². The van der Waals surface area contributed by atoms with Crippen molar-refractivity contribution in [1.82, 2.24) is 0 Å². The van der Waals surface area contributed by atoms with E-state index in [1.807, 2.05) is 0 Å². The number of carbonyl (C=O) groups is 1. The molecule has 0 saturated heterocycles. The van der Waals surface area contributed by atoms with Gasteiger partial charge in [0.1, 0.15) is 17.2 Å². The summed E-state index contributed by atoms with van der Waals surface area (Å²) in [7, 11) is 4.67. The molecule has 2 rings (SSSR count). The first kappa shape index (κ1) is 14.7. The smallest absolute Gasteiger partial charge is 0.255 e. The van der Waals surface area contributed by atoms with Gasteiger partial charge in [0.25, 0.3) is 5.91 Å². The van der Waals surface area contributed by atoms with Crippen LogP contribution in [0.1, 0.15) is 10.4 Å². The first-order chi connectivity index (χ1) is 10.2. The highest BCUT2D eigenvalue weighted by molar-refractivity contribution is 6.05. The van der Waals surface area contributed by atoms with Crippen molar-refractivity contribution in [1.29, 1.82) is 0 Å². The summed E-state index contributed by atoms with van der Waals surface area (Å²) < 4.78 is 15.5. The van der Waals surface area contributed by atoms with E-state index in [0.29, 0.717) is 28.5 Å². The van der Waals surface area contributed by atoms with Crippen LogP contribution in [0.5, 0.6) is 17.2 Å². The molecule has 0 heterocycles. The molecule has 0 bridgehead atoms. The number of amides is 1. The number of methoxy groups -OCH3 is 3. The zero-order valence-corrected chi connectivity index (χ0v) is 12.2. The van der Waals surface area contributed by atoms with Crippen LogP contribution in [0.25, 0.3) is 0 Å². The molecular weight excluding hydrogens is 270 g/mol. The van der Waals surface area contributed by atoms with Crippen molar-refractivity contribution >= 4 is 11.6 Å². The lowest BCUT2D eigenvalue weighted by atomic mass is 10.2. The topological polar surface area (TPSA) is 56.8 Å². The van der Waals surface area contributed by atoms with Crippen molar-refractivity contribution in [3.8, 4) is 17.2 Å². The SMILES string of the molecule is COc1cccc(C(=O)Nc2ccc(OC)cc2OC)c1. The number of rotatable bonds is 5. The lowest BCUT2D eigenvalue weighted by Gasteiger charge is -2.12. The Morgan fingerprint density at radius 3 is 2.29 bits per heavy atom. The summed E-state index contributed by atoms with van der Waals surface area (Å²) in [6.45, 7) is 0. The molecule has 0 aromatic heterocycles. The van der Waals surface area contributed by atoms with Gasteiger partial charge in [0.05, 0.1) is 27.0 Å². The quantitative estimate of drug-likeness (QED) is 0.918. The van der Waals surface area contributed by atoms with Crippen LogP contribution >= 0.6 is 0 Å².